The van der Waals surface area contributed by atoms with Gasteiger partial charge in [-0.05, 0) is 30.5 Å². The third-order valence-electron chi connectivity index (χ3n) is 2.16. The minimum absolute atomic E-state index is 0.525. The van der Waals surface area contributed by atoms with Gasteiger partial charge in [-0.2, -0.15) is 0 Å². The predicted octanol–water partition coefficient (Wildman–Crippen LogP) is 3.06. The zero-order valence-electron chi connectivity index (χ0n) is 8.55. The minimum atomic E-state index is 0.525. The van der Waals surface area contributed by atoms with Crippen molar-refractivity contribution in [3.05, 3.63) is 41.2 Å². The van der Waals surface area contributed by atoms with Gasteiger partial charge in [-0.15, -0.1) is 11.8 Å². The Balaban J connectivity index is 2.67. The second kappa shape index (κ2) is 4.72. The van der Waals surface area contributed by atoms with Crippen molar-refractivity contribution in [2.75, 3.05) is 6.26 Å². The molecule has 0 aliphatic rings. The number of hydrogen-bond donors (Lipinski definition) is 0. The first kappa shape index (κ1) is 11.2. The molecule has 0 saturated heterocycles. The van der Waals surface area contributed by atoms with Gasteiger partial charge in [-0.25, -0.2) is 4.98 Å². The fourth-order valence-electron chi connectivity index (χ4n) is 1.45. The first-order valence-electron chi connectivity index (χ1n) is 4.59. The van der Waals surface area contributed by atoms with Crippen molar-refractivity contribution in [2.45, 2.75) is 5.03 Å². The average molecular weight is 253 g/mol. The van der Waals surface area contributed by atoms with Crippen LogP contribution in [0.3, 0.4) is 0 Å². The quantitative estimate of drug-likeness (QED) is 0.622. The van der Waals surface area contributed by atoms with Crippen LogP contribution in [0.15, 0.2) is 35.5 Å². The van der Waals surface area contributed by atoms with E-state index in [-0.39, 0.29) is 0 Å². The molecule has 0 radical (unpaired) electrons. The summed E-state index contributed by atoms with van der Waals surface area (Å²) in [5.41, 5.74) is 0.546. The van der Waals surface area contributed by atoms with E-state index < -0.39 is 0 Å². The Morgan fingerprint density at radius 2 is 2.25 bits per heavy atom. The number of pyridine rings is 1. The molecule has 2 aromatic rings. The van der Waals surface area contributed by atoms with Gasteiger partial charge in [0.15, 0.2) is 12.1 Å². The van der Waals surface area contributed by atoms with Crippen LogP contribution in [-0.4, -0.2) is 22.1 Å². The average Bonchev–Trinajstić information content (AvgIpc) is 2.72. The molecule has 5 heteroatoms. The van der Waals surface area contributed by atoms with Gasteiger partial charge < -0.3 is 0 Å². The van der Waals surface area contributed by atoms with Crippen LogP contribution in [0.5, 0.6) is 0 Å². The van der Waals surface area contributed by atoms with Crippen molar-refractivity contribution in [1.82, 2.24) is 9.55 Å². The Labute approximate surface area is 102 Å². The van der Waals surface area contributed by atoms with Gasteiger partial charge in [0.25, 0.3) is 0 Å². The van der Waals surface area contributed by atoms with Crippen molar-refractivity contribution in [2.24, 2.45) is 0 Å². The molecule has 0 amide bonds. The van der Waals surface area contributed by atoms with E-state index >= 15 is 0 Å². The van der Waals surface area contributed by atoms with E-state index in [1.807, 2.05) is 12.3 Å². The Bertz CT molecular complexity index is 524. The number of rotatable bonds is 3. The number of nitrogens with zero attached hydrogens (tertiary/aromatic N) is 2. The number of carbonyl (C=O) groups excluding carboxylic acids is 1. The molecular weight excluding hydrogens is 244 g/mol. The molecule has 0 aliphatic heterocycles. The zero-order chi connectivity index (χ0) is 11.5. The van der Waals surface area contributed by atoms with E-state index in [4.69, 9.17) is 11.6 Å². The largest absolute Gasteiger partial charge is 0.296 e. The molecule has 0 N–H and O–H groups in total. The van der Waals surface area contributed by atoms with Gasteiger partial charge in [-0.3, -0.25) is 9.36 Å². The molecule has 0 spiro atoms. The summed E-state index contributed by atoms with van der Waals surface area (Å²) in [7, 11) is 0. The van der Waals surface area contributed by atoms with Crippen molar-refractivity contribution in [3.8, 4) is 5.82 Å². The molecule has 0 saturated carbocycles. The molecule has 16 heavy (non-hydrogen) atoms. The van der Waals surface area contributed by atoms with Gasteiger partial charge >= 0.3 is 0 Å². The first-order chi connectivity index (χ1) is 7.77. The standard InChI is InChI=1S/C11H9ClN2OS/c1-16-10-5-4-8(7-15)14(10)11-9(12)3-2-6-13-11/h2-7H,1H3. The fourth-order valence-corrected chi connectivity index (χ4v) is 2.24. The normalized spacial score (nSPS) is 10.4. The number of hydrogen-bond acceptors (Lipinski definition) is 3. The monoisotopic (exact) mass is 252 g/mol. The molecule has 0 unspecified atom stereocenters. The fraction of sp³-hybridized carbons (Fsp3) is 0.0909. The van der Waals surface area contributed by atoms with Gasteiger partial charge in [-0.1, -0.05) is 11.6 Å². The summed E-state index contributed by atoms with van der Waals surface area (Å²) in [6.45, 7) is 0. The molecule has 82 valence electrons. The second-order valence-corrected chi connectivity index (χ2v) is 4.30. The third kappa shape index (κ3) is 1.86. The summed E-state index contributed by atoms with van der Waals surface area (Å²) in [6, 6.07) is 7.14. The summed E-state index contributed by atoms with van der Waals surface area (Å²) in [6.07, 6.45) is 4.39. The summed E-state index contributed by atoms with van der Waals surface area (Å²) in [4.78, 5) is 15.1. The summed E-state index contributed by atoms with van der Waals surface area (Å²) in [5, 5.41) is 1.46. The van der Waals surface area contributed by atoms with Crippen LogP contribution in [0.25, 0.3) is 5.82 Å². The number of carbonyl (C=O) groups is 1. The maximum Gasteiger partial charge on any atom is 0.166 e. The van der Waals surface area contributed by atoms with Gasteiger partial charge in [0.2, 0.25) is 0 Å². The topological polar surface area (TPSA) is 34.9 Å². The van der Waals surface area contributed by atoms with Crippen LogP contribution in [0, 0.1) is 0 Å². The maximum absolute atomic E-state index is 10.9. The van der Waals surface area contributed by atoms with E-state index in [2.05, 4.69) is 4.98 Å². The molecule has 0 atom stereocenters. The highest BCUT2D eigenvalue weighted by molar-refractivity contribution is 7.98. The lowest BCUT2D eigenvalue weighted by Gasteiger charge is -2.09. The number of thioether (sulfide) groups is 1. The van der Waals surface area contributed by atoms with Gasteiger partial charge in [0.1, 0.15) is 0 Å². The first-order valence-corrected chi connectivity index (χ1v) is 6.20. The highest BCUT2D eigenvalue weighted by atomic mass is 35.5. The van der Waals surface area contributed by atoms with Crippen molar-refractivity contribution >= 4 is 29.6 Å². The van der Waals surface area contributed by atoms with Crippen molar-refractivity contribution in [3.63, 3.8) is 0 Å². The van der Waals surface area contributed by atoms with Gasteiger partial charge in [0, 0.05) is 6.20 Å². The molecule has 3 nitrogen and oxygen atoms in total. The van der Waals surface area contributed by atoms with Crippen LogP contribution >= 0.6 is 23.4 Å². The lowest BCUT2D eigenvalue weighted by molar-refractivity contribution is 0.111. The van der Waals surface area contributed by atoms with Crippen LogP contribution in [0.2, 0.25) is 5.02 Å². The zero-order valence-corrected chi connectivity index (χ0v) is 10.1. The molecule has 2 aromatic heterocycles. The SMILES string of the molecule is CSc1ccc(C=O)n1-c1ncccc1Cl. The molecule has 2 rings (SSSR count). The summed E-state index contributed by atoms with van der Waals surface area (Å²) < 4.78 is 1.75. The second-order valence-electron chi connectivity index (χ2n) is 3.06. The lowest BCUT2D eigenvalue weighted by Crippen LogP contribution is -2.03. The summed E-state index contributed by atoms with van der Waals surface area (Å²) in [5.74, 6) is 0.584. The number of halogens is 1. The van der Waals surface area contributed by atoms with Crippen LogP contribution in [0.4, 0.5) is 0 Å². The predicted molar refractivity (Wildman–Crippen MR) is 65.7 cm³/mol. The molecule has 0 bridgehead atoms. The van der Waals surface area contributed by atoms with Crippen LogP contribution in [0.1, 0.15) is 10.5 Å². The Hall–Kier alpha value is -1.26. The minimum Gasteiger partial charge on any atom is -0.296 e. The Morgan fingerprint density at radius 1 is 1.44 bits per heavy atom. The van der Waals surface area contributed by atoms with Crippen LogP contribution < -0.4 is 0 Å². The maximum atomic E-state index is 10.9. The Kier molecular flexibility index (Phi) is 3.31. The smallest absolute Gasteiger partial charge is 0.166 e. The van der Waals surface area contributed by atoms with Crippen molar-refractivity contribution < 1.29 is 4.79 Å². The van der Waals surface area contributed by atoms with E-state index in [9.17, 15) is 4.79 Å². The van der Waals surface area contributed by atoms with Crippen molar-refractivity contribution in [1.29, 1.82) is 0 Å². The molecule has 0 aliphatic carbocycles. The van der Waals surface area contributed by atoms with Crippen LogP contribution in [-0.2, 0) is 0 Å². The molecule has 2 heterocycles. The lowest BCUT2D eigenvalue weighted by atomic mass is 10.4. The van der Waals surface area contributed by atoms with Gasteiger partial charge in [0.05, 0.1) is 15.7 Å². The third-order valence-corrected chi connectivity index (χ3v) is 3.19. The van der Waals surface area contributed by atoms with E-state index in [0.717, 1.165) is 11.3 Å². The van der Waals surface area contributed by atoms with E-state index in [1.165, 1.54) is 0 Å². The number of aromatic nitrogens is 2. The highest BCUT2D eigenvalue weighted by Crippen LogP contribution is 2.26. The van der Waals surface area contributed by atoms with E-state index in [0.29, 0.717) is 16.5 Å². The highest BCUT2D eigenvalue weighted by Gasteiger charge is 2.12. The summed E-state index contributed by atoms with van der Waals surface area (Å²) >= 11 is 7.61. The Morgan fingerprint density at radius 3 is 2.88 bits per heavy atom. The van der Waals surface area contributed by atoms with E-state index in [1.54, 1.807) is 40.7 Å². The molecule has 0 aromatic carbocycles. The number of aldehydes is 1. The molecular formula is C11H9ClN2OS. The molecule has 0 fully saturated rings.